The summed E-state index contributed by atoms with van der Waals surface area (Å²) in [4.78, 5) is 29.6. The van der Waals surface area contributed by atoms with E-state index >= 15 is 0 Å². The Morgan fingerprint density at radius 2 is 1.82 bits per heavy atom. The second kappa shape index (κ2) is 8.12. The average Bonchev–Trinajstić information content (AvgIpc) is 2.76. The molecule has 4 heterocycles. The van der Waals surface area contributed by atoms with Gasteiger partial charge in [0.05, 0.1) is 7.11 Å². The number of ether oxygens (including phenoxy) is 1. The van der Waals surface area contributed by atoms with E-state index in [1.54, 1.807) is 19.5 Å². The van der Waals surface area contributed by atoms with Crippen molar-refractivity contribution in [2.45, 2.75) is 32.1 Å². The first-order valence-electron chi connectivity index (χ1n) is 9.96. The smallest absolute Gasteiger partial charge is 0.257 e. The number of rotatable bonds is 5. The average molecular weight is 381 g/mol. The molecule has 2 aromatic rings. The lowest BCUT2D eigenvalue weighted by molar-refractivity contribution is -0.138. The van der Waals surface area contributed by atoms with Crippen LogP contribution in [0.5, 0.6) is 5.88 Å². The first-order valence-corrected chi connectivity index (χ1v) is 9.96. The molecular formula is C21H27N5O2. The molecule has 1 amide bonds. The van der Waals surface area contributed by atoms with Crippen LogP contribution in [0.4, 0.5) is 5.82 Å². The van der Waals surface area contributed by atoms with Gasteiger partial charge in [0, 0.05) is 57.4 Å². The molecule has 0 saturated carbocycles. The molecule has 2 aliphatic rings. The Bertz CT molecular complexity index is 805. The van der Waals surface area contributed by atoms with Crippen LogP contribution >= 0.6 is 0 Å². The van der Waals surface area contributed by atoms with Crippen molar-refractivity contribution in [3.63, 3.8) is 0 Å². The van der Waals surface area contributed by atoms with Gasteiger partial charge in [-0.1, -0.05) is 0 Å². The summed E-state index contributed by atoms with van der Waals surface area (Å²) in [6.07, 6.45) is 11.6. The summed E-state index contributed by atoms with van der Waals surface area (Å²) in [6.45, 7) is 3.48. The molecule has 4 rings (SSSR count). The molecule has 1 spiro atoms. The number of likely N-dealkylation sites (tertiary alicyclic amines) is 1. The van der Waals surface area contributed by atoms with Gasteiger partial charge in [-0.3, -0.25) is 9.78 Å². The van der Waals surface area contributed by atoms with Crippen molar-refractivity contribution < 1.29 is 9.53 Å². The molecule has 28 heavy (non-hydrogen) atoms. The summed E-state index contributed by atoms with van der Waals surface area (Å²) in [5.41, 5.74) is 1.45. The monoisotopic (exact) mass is 381 g/mol. The van der Waals surface area contributed by atoms with E-state index in [9.17, 15) is 4.79 Å². The number of hydrogen-bond donors (Lipinski definition) is 0. The first kappa shape index (κ1) is 18.7. The Kier molecular flexibility index (Phi) is 5.41. The molecular weight excluding hydrogens is 354 g/mol. The minimum atomic E-state index is 0.220. The molecule has 0 bridgehead atoms. The summed E-state index contributed by atoms with van der Waals surface area (Å²) in [7, 11) is 1.63. The maximum atomic E-state index is 12.5. The van der Waals surface area contributed by atoms with Gasteiger partial charge in [0.25, 0.3) is 5.88 Å². The third-order valence-electron chi connectivity index (χ3n) is 6.13. The van der Waals surface area contributed by atoms with Crippen LogP contribution in [0.15, 0.2) is 36.9 Å². The van der Waals surface area contributed by atoms with Crippen LogP contribution in [-0.2, 0) is 11.2 Å². The molecule has 7 nitrogen and oxygen atoms in total. The topological polar surface area (TPSA) is 71.5 Å². The third-order valence-corrected chi connectivity index (χ3v) is 6.13. The second-order valence-electron chi connectivity index (χ2n) is 7.80. The summed E-state index contributed by atoms with van der Waals surface area (Å²) >= 11 is 0. The highest BCUT2D eigenvalue weighted by atomic mass is 16.5. The second-order valence-corrected chi connectivity index (χ2v) is 7.80. The number of piperidine rings is 2. The van der Waals surface area contributed by atoms with Gasteiger partial charge in [-0.05, 0) is 48.8 Å². The molecule has 148 valence electrons. The molecule has 0 aromatic carbocycles. The van der Waals surface area contributed by atoms with E-state index in [1.165, 1.54) is 5.56 Å². The number of carbonyl (C=O) groups excluding carboxylic acids is 1. The van der Waals surface area contributed by atoms with Crippen LogP contribution < -0.4 is 9.64 Å². The molecule has 2 aliphatic heterocycles. The zero-order valence-corrected chi connectivity index (χ0v) is 16.4. The SMILES string of the molecule is COc1nccnc1N1CCC2(CCC(=O)N(CCc3ccncc3)C2)CC1. The van der Waals surface area contributed by atoms with E-state index in [0.29, 0.717) is 12.3 Å². The number of methoxy groups -OCH3 is 1. The lowest BCUT2D eigenvalue weighted by Crippen LogP contribution is -2.52. The number of anilines is 1. The summed E-state index contributed by atoms with van der Waals surface area (Å²) in [6, 6.07) is 4.05. The number of nitrogens with zero attached hydrogens (tertiary/aromatic N) is 5. The minimum absolute atomic E-state index is 0.220. The van der Waals surface area contributed by atoms with Gasteiger partial charge in [0.15, 0.2) is 5.82 Å². The Labute approximate surface area is 165 Å². The zero-order chi connectivity index (χ0) is 19.4. The van der Waals surface area contributed by atoms with Crippen LogP contribution in [0.1, 0.15) is 31.2 Å². The fourth-order valence-corrected chi connectivity index (χ4v) is 4.40. The van der Waals surface area contributed by atoms with Gasteiger partial charge in [-0.25, -0.2) is 9.97 Å². The summed E-state index contributed by atoms with van der Waals surface area (Å²) < 4.78 is 5.37. The van der Waals surface area contributed by atoms with E-state index in [-0.39, 0.29) is 11.3 Å². The van der Waals surface area contributed by atoms with Gasteiger partial charge in [0.2, 0.25) is 5.91 Å². The van der Waals surface area contributed by atoms with Crippen molar-refractivity contribution >= 4 is 11.7 Å². The quantitative estimate of drug-likeness (QED) is 0.792. The molecule has 0 atom stereocenters. The van der Waals surface area contributed by atoms with Crippen LogP contribution in [-0.4, -0.2) is 59.0 Å². The minimum Gasteiger partial charge on any atom is -0.478 e. The predicted molar refractivity (Wildman–Crippen MR) is 106 cm³/mol. The standard InChI is InChI=1S/C21H27N5O2/c1-28-20-19(23-11-12-24-20)25-14-7-21(8-15-25)6-2-18(27)26(16-21)13-5-17-3-9-22-10-4-17/h3-4,9-12H,2,5-8,13-16H2,1H3. The van der Waals surface area contributed by atoms with Crippen molar-refractivity contribution in [1.82, 2.24) is 19.9 Å². The van der Waals surface area contributed by atoms with E-state index in [1.807, 2.05) is 24.5 Å². The first-order chi connectivity index (χ1) is 13.7. The number of aromatic nitrogens is 3. The van der Waals surface area contributed by atoms with Crippen LogP contribution in [0.2, 0.25) is 0 Å². The molecule has 0 unspecified atom stereocenters. The van der Waals surface area contributed by atoms with Crippen LogP contribution in [0.3, 0.4) is 0 Å². The lowest BCUT2D eigenvalue weighted by Gasteiger charge is -2.47. The van der Waals surface area contributed by atoms with E-state index < -0.39 is 0 Å². The molecule has 2 aromatic heterocycles. The van der Waals surface area contributed by atoms with Gasteiger partial charge >= 0.3 is 0 Å². The summed E-state index contributed by atoms with van der Waals surface area (Å²) in [5, 5.41) is 0. The molecule has 2 saturated heterocycles. The number of amides is 1. The maximum absolute atomic E-state index is 12.5. The fraction of sp³-hybridized carbons (Fsp3) is 0.524. The number of pyridine rings is 1. The van der Waals surface area contributed by atoms with Crippen molar-refractivity contribution in [2.75, 3.05) is 38.2 Å². The predicted octanol–water partition coefficient (Wildman–Crippen LogP) is 2.33. The lowest BCUT2D eigenvalue weighted by atomic mass is 9.72. The van der Waals surface area contributed by atoms with Crippen molar-refractivity contribution in [2.24, 2.45) is 5.41 Å². The van der Waals surface area contributed by atoms with Gasteiger partial charge in [-0.2, -0.15) is 0 Å². The highest BCUT2D eigenvalue weighted by Crippen LogP contribution is 2.41. The van der Waals surface area contributed by atoms with Crippen molar-refractivity contribution in [1.29, 1.82) is 0 Å². The maximum Gasteiger partial charge on any atom is 0.257 e. The van der Waals surface area contributed by atoms with Crippen molar-refractivity contribution in [3.05, 3.63) is 42.5 Å². The molecule has 0 N–H and O–H groups in total. The molecule has 7 heteroatoms. The van der Waals surface area contributed by atoms with Gasteiger partial charge in [0.1, 0.15) is 0 Å². The highest BCUT2D eigenvalue weighted by Gasteiger charge is 2.41. The Balaban J connectivity index is 1.38. The van der Waals surface area contributed by atoms with Gasteiger partial charge < -0.3 is 14.5 Å². The molecule has 2 fully saturated rings. The zero-order valence-electron chi connectivity index (χ0n) is 16.4. The third kappa shape index (κ3) is 3.93. The fourth-order valence-electron chi connectivity index (χ4n) is 4.40. The van der Waals surface area contributed by atoms with Crippen molar-refractivity contribution in [3.8, 4) is 5.88 Å². The molecule has 0 aliphatic carbocycles. The van der Waals surface area contributed by atoms with Gasteiger partial charge in [-0.15, -0.1) is 0 Å². The number of carbonyl (C=O) groups is 1. The Morgan fingerprint density at radius 3 is 2.57 bits per heavy atom. The molecule has 0 radical (unpaired) electrons. The largest absolute Gasteiger partial charge is 0.478 e. The van der Waals surface area contributed by atoms with E-state index in [2.05, 4.69) is 24.8 Å². The normalized spacial score (nSPS) is 19.1. The summed E-state index contributed by atoms with van der Waals surface area (Å²) in [5.74, 6) is 1.69. The van der Waals surface area contributed by atoms with Crippen LogP contribution in [0.25, 0.3) is 0 Å². The van der Waals surface area contributed by atoms with Crippen LogP contribution in [0, 0.1) is 5.41 Å². The Hall–Kier alpha value is -2.70. The van der Waals surface area contributed by atoms with E-state index in [4.69, 9.17) is 4.74 Å². The number of hydrogen-bond acceptors (Lipinski definition) is 6. The van der Waals surface area contributed by atoms with E-state index in [0.717, 1.165) is 57.7 Å². The Morgan fingerprint density at radius 1 is 1.07 bits per heavy atom. The highest BCUT2D eigenvalue weighted by molar-refractivity contribution is 5.77.